The Balaban J connectivity index is 1.50. The first-order chi connectivity index (χ1) is 14.0. The van der Waals surface area contributed by atoms with Crippen LogP contribution in [0.15, 0.2) is 48.5 Å². The van der Waals surface area contributed by atoms with Crippen molar-refractivity contribution in [3.63, 3.8) is 0 Å². The van der Waals surface area contributed by atoms with E-state index in [4.69, 9.17) is 14.2 Å². The number of nitro benzene ring substituents is 1. The number of nitrogens with one attached hydrogen (secondary N) is 1. The van der Waals surface area contributed by atoms with Gasteiger partial charge >= 0.3 is 5.97 Å². The van der Waals surface area contributed by atoms with E-state index < -0.39 is 23.4 Å². The number of carbonyl (C=O) groups is 2. The molecule has 0 saturated heterocycles. The summed E-state index contributed by atoms with van der Waals surface area (Å²) in [6, 6.07) is 10.8. The van der Waals surface area contributed by atoms with E-state index in [0.717, 1.165) is 12.5 Å². The first-order valence-corrected chi connectivity index (χ1v) is 8.80. The standard InChI is InChI=1S/C20H18N2O7/c23-19(21-15-6-7-17-18(12-15)28-10-2-9-27-17)13-29-20(24)8-5-14-3-1-4-16(11-14)22(25)26/h1,3-8,11-12H,2,9-10,13H2,(H,21,23)/b8-5+. The average Bonchev–Trinajstić information content (AvgIpc) is 2.96. The largest absolute Gasteiger partial charge is 0.490 e. The molecule has 0 aromatic heterocycles. The number of rotatable bonds is 6. The van der Waals surface area contributed by atoms with Gasteiger partial charge in [-0.2, -0.15) is 0 Å². The van der Waals surface area contributed by atoms with Crippen molar-refractivity contribution in [3.8, 4) is 11.5 Å². The van der Waals surface area contributed by atoms with E-state index in [0.29, 0.717) is 36.0 Å². The van der Waals surface area contributed by atoms with Gasteiger partial charge in [0, 0.05) is 36.4 Å². The van der Waals surface area contributed by atoms with Crippen LogP contribution < -0.4 is 14.8 Å². The van der Waals surface area contributed by atoms with Gasteiger partial charge in [0.25, 0.3) is 11.6 Å². The number of hydrogen-bond donors (Lipinski definition) is 1. The van der Waals surface area contributed by atoms with E-state index in [9.17, 15) is 19.7 Å². The van der Waals surface area contributed by atoms with Crippen LogP contribution >= 0.6 is 0 Å². The van der Waals surface area contributed by atoms with Crippen molar-refractivity contribution >= 4 is 29.3 Å². The third-order valence-corrected chi connectivity index (χ3v) is 3.87. The number of carbonyl (C=O) groups excluding carboxylic acids is 2. The van der Waals surface area contributed by atoms with Crippen LogP contribution in [0.4, 0.5) is 11.4 Å². The van der Waals surface area contributed by atoms with Crippen molar-refractivity contribution < 1.29 is 28.7 Å². The second kappa shape index (κ2) is 9.36. The van der Waals surface area contributed by atoms with Crippen LogP contribution in [0.5, 0.6) is 11.5 Å². The quantitative estimate of drug-likeness (QED) is 0.344. The molecule has 150 valence electrons. The Morgan fingerprint density at radius 3 is 2.72 bits per heavy atom. The van der Waals surface area contributed by atoms with Crippen molar-refractivity contribution in [1.82, 2.24) is 0 Å². The molecule has 2 aromatic rings. The average molecular weight is 398 g/mol. The lowest BCUT2D eigenvalue weighted by molar-refractivity contribution is -0.384. The van der Waals surface area contributed by atoms with Gasteiger partial charge in [0.1, 0.15) is 0 Å². The zero-order valence-electron chi connectivity index (χ0n) is 15.3. The number of esters is 1. The molecular weight excluding hydrogens is 380 g/mol. The number of ether oxygens (including phenoxy) is 3. The number of non-ortho nitro benzene ring substituents is 1. The number of anilines is 1. The molecule has 9 nitrogen and oxygen atoms in total. The molecule has 0 saturated carbocycles. The number of amides is 1. The van der Waals surface area contributed by atoms with Gasteiger partial charge < -0.3 is 19.5 Å². The summed E-state index contributed by atoms with van der Waals surface area (Å²) in [7, 11) is 0. The van der Waals surface area contributed by atoms with Gasteiger partial charge in [-0.1, -0.05) is 12.1 Å². The minimum Gasteiger partial charge on any atom is -0.490 e. The molecule has 2 aromatic carbocycles. The molecule has 1 aliphatic rings. The van der Waals surface area contributed by atoms with Gasteiger partial charge in [0.05, 0.1) is 18.1 Å². The zero-order chi connectivity index (χ0) is 20.6. The van der Waals surface area contributed by atoms with Crippen molar-refractivity contribution in [2.75, 3.05) is 25.1 Å². The maximum absolute atomic E-state index is 12.0. The van der Waals surface area contributed by atoms with Gasteiger partial charge in [-0.15, -0.1) is 0 Å². The fourth-order valence-electron chi connectivity index (χ4n) is 2.53. The first kappa shape index (κ1) is 19.9. The normalized spacial score (nSPS) is 12.8. The molecular formula is C20H18N2O7. The Bertz CT molecular complexity index is 956. The van der Waals surface area contributed by atoms with E-state index >= 15 is 0 Å². The molecule has 3 rings (SSSR count). The fourth-order valence-corrected chi connectivity index (χ4v) is 2.53. The first-order valence-electron chi connectivity index (χ1n) is 8.80. The number of nitrogens with zero attached hydrogens (tertiary/aromatic N) is 1. The Labute approximate surface area is 166 Å². The number of hydrogen-bond acceptors (Lipinski definition) is 7. The van der Waals surface area contributed by atoms with Gasteiger partial charge in [0.15, 0.2) is 18.1 Å². The number of benzene rings is 2. The molecule has 0 atom stereocenters. The van der Waals surface area contributed by atoms with Gasteiger partial charge in [-0.05, 0) is 23.8 Å². The molecule has 1 aliphatic heterocycles. The summed E-state index contributed by atoms with van der Waals surface area (Å²) < 4.78 is 16.0. The summed E-state index contributed by atoms with van der Waals surface area (Å²) in [5, 5.41) is 13.4. The molecule has 0 spiro atoms. The highest BCUT2D eigenvalue weighted by Crippen LogP contribution is 2.32. The summed E-state index contributed by atoms with van der Waals surface area (Å²) in [6.45, 7) is 0.615. The summed E-state index contributed by atoms with van der Waals surface area (Å²) >= 11 is 0. The highest BCUT2D eigenvalue weighted by molar-refractivity contribution is 5.94. The second-order valence-corrected chi connectivity index (χ2v) is 6.05. The topological polar surface area (TPSA) is 117 Å². The number of nitro groups is 1. The van der Waals surface area contributed by atoms with Crippen LogP contribution in [0.3, 0.4) is 0 Å². The van der Waals surface area contributed by atoms with Crippen molar-refractivity contribution in [2.24, 2.45) is 0 Å². The van der Waals surface area contributed by atoms with Gasteiger partial charge in [-0.25, -0.2) is 4.79 Å². The molecule has 0 radical (unpaired) electrons. The van der Waals surface area contributed by atoms with E-state index in [1.54, 1.807) is 24.3 Å². The summed E-state index contributed by atoms with van der Waals surface area (Å²) in [4.78, 5) is 34.0. The Morgan fingerprint density at radius 1 is 1.14 bits per heavy atom. The molecule has 9 heteroatoms. The predicted molar refractivity (Wildman–Crippen MR) is 104 cm³/mol. The van der Waals surface area contributed by atoms with Gasteiger partial charge in [0.2, 0.25) is 0 Å². The molecule has 1 N–H and O–H groups in total. The molecule has 0 bridgehead atoms. The van der Waals surface area contributed by atoms with Crippen LogP contribution in [0, 0.1) is 10.1 Å². The van der Waals surface area contributed by atoms with E-state index in [1.807, 2.05) is 0 Å². The van der Waals surface area contributed by atoms with Crippen molar-refractivity contribution in [2.45, 2.75) is 6.42 Å². The fraction of sp³-hybridized carbons (Fsp3) is 0.200. The molecule has 0 aliphatic carbocycles. The summed E-state index contributed by atoms with van der Waals surface area (Å²) in [5.41, 5.74) is 0.866. The summed E-state index contributed by atoms with van der Waals surface area (Å²) in [6.07, 6.45) is 3.24. The summed E-state index contributed by atoms with van der Waals surface area (Å²) in [5.74, 6) is -0.114. The maximum Gasteiger partial charge on any atom is 0.331 e. The lowest BCUT2D eigenvalue weighted by Gasteiger charge is -2.10. The van der Waals surface area contributed by atoms with Crippen LogP contribution in [0.1, 0.15) is 12.0 Å². The SMILES string of the molecule is O=C(COC(=O)/C=C/c1cccc([N+](=O)[O-])c1)Nc1ccc2c(c1)OCCCO2. The molecule has 0 unspecified atom stereocenters. The third-order valence-electron chi connectivity index (χ3n) is 3.87. The minimum atomic E-state index is -0.745. The lowest BCUT2D eigenvalue weighted by Crippen LogP contribution is -2.20. The predicted octanol–water partition coefficient (Wildman–Crippen LogP) is 2.95. The molecule has 29 heavy (non-hydrogen) atoms. The van der Waals surface area contributed by atoms with Crippen LogP contribution in [-0.4, -0.2) is 36.6 Å². The molecule has 1 amide bonds. The van der Waals surface area contributed by atoms with Crippen molar-refractivity contribution in [3.05, 3.63) is 64.2 Å². The highest BCUT2D eigenvalue weighted by Gasteiger charge is 2.12. The Morgan fingerprint density at radius 2 is 1.93 bits per heavy atom. The molecule has 1 heterocycles. The van der Waals surface area contributed by atoms with Crippen LogP contribution in [0.2, 0.25) is 0 Å². The third kappa shape index (κ3) is 5.80. The van der Waals surface area contributed by atoms with E-state index in [2.05, 4.69) is 5.32 Å². The molecule has 0 fully saturated rings. The highest BCUT2D eigenvalue weighted by atomic mass is 16.6. The van der Waals surface area contributed by atoms with E-state index in [1.165, 1.54) is 24.3 Å². The van der Waals surface area contributed by atoms with Gasteiger partial charge in [-0.3, -0.25) is 14.9 Å². The van der Waals surface area contributed by atoms with Crippen LogP contribution in [-0.2, 0) is 14.3 Å². The second-order valence-electron chi connectivity index (χ2n) is 6.05. The van der Waals surface area contributed by atoms with Crippen molar-refractivity contribution in [1.29, 1.82) is 0 Å². The smallest absolute Gasteiger partial charge is 0.331 e. The number of fused-ring (bicyclic) bond motifs is 1. The van der Waals surface area contributed by atoms with Crippen LogP contribution in [0.25, 0.3) is 6.08 Å². The Hall–Kier alpha value is -3.88. The minimum absolute atomic E-state index is 0.0879. The lowest BCUT2D eigenvalue weighted by atomic mass is 10.2. The van der Waals surface area contributed by atoms with E-state index in [-0.39, 0.29) is 5.69 Å². The maximum atomic E-state index is 12.0. The monoisotopic (exact) mass is 398 g/mol. The Kier molecular flexibility index (Phi) is 6.41. The zero-order valence-corrected chi connectivity index (χ0v) is 15.3.